The van der Waals surface area contributed by atoms with Gasteiger partial charge >= 0.3 is 5.97 Å². The highest BCUT2D eigenvalue weighted by Crippen LogP contribution is 2.32. The summed E-state index contributed by atoms with van der Waals surface area (Å²) in [5.74, 6) is 0.156. The molecule has 0 spiro atoms. The molecule has 0 N–H and O–H groups in total. The molecule has 0 atom stereocenters. The normalized spacial score (nSPS) is 13.1. The zero-order chi connectivity index (χ0) is 18.0. The van der Waals surface area contributed by atoms with Crippen molar-refractivity contribution in [2.45, 2.75) is 13.0 Å². The van der Waals surface area contributed by atoms with Crippen molar-refractivity contribution in [2.24, 2.45) is 0 Å². The molecule has 1 heterocycles. The molecule has 0 fully saturated rings. The van der Waals surface area contributed by atoms with E-state index in [1.165, 1.54) is 24.8 Å². The third-order valence-corrected chi connectivity index (χ3v) is 4.39. The first-order chi connectivity index (χ1) is 12.0. The highest BCUT2D eigenvalue weighted by Gasteiger charge is 2.25. The van der Waals surface area contributed by atoms with Crippen molar-refractivity contribution in [3.05, 3.63) is 63.2 Å². The van der Waals surface area contributed by atoms with Gasteiger partial charge in [0.05, 0.1) is 19.1 Å². The Bertz CT molecular complexity index is 834. The number of fused-ring (bicyclic) bond motifs is 1. The second kappa shape index (κ2) is 6.80. The molecule has 3 rings (SSSR count). The molecule has 7 nitrogen and oxygen atoms in total. The zero-order valence-corrected chi connectivity index (χ0v) is 14.0. The van der Waals surface area contributed by atoms with Gasteiger partial charge in [0.2, 0.25) is 0 Å². The maximum Gasteiger partial charge on any atom is 0.344 e. The van der Waals surface area contributed by atoms with Gasteiger partial charge in [-0.3, -0.25) is 10.1 Å². The summed E-state index contributed by atoms with van der Waals surface area (Å²) in [6, 6.07) is 10.5. The van der Waals surface area contributed by atoms with Crippen LogP contribution in [-0.2, 0) is 17.7 Å². The number of carbonyl (C=O) groups excluding carboxylic acids is 1. The number of nitro groups is 1. The predicted octanol–water partition coefficient (Wildman–Crippen LogP) is 2.95. The van der Waals surface area contributed by atoms with Crippen LogP contribution in [0.2, 0.25) is 0 Å². The van der Waals surface area contributed by atoms with Crippen LogP contribution in [0.15, 0.2) is 36.4 Å². The van der Waals surface area contributed by atoms with Crippen LogP contribution in [0.4, 0.5) is 11.4 Å². The van der Waals surface area contributed by atoms with E-state index < -0.39 is 10.9 Å². The summed E-state index contributed by atoms with van der Waals surface area (Å²) < 4.78 is 10.1. The SMILES string of the molecule is COC(=O)c1cc(N2CCc3c(cccc3OC)C2)ccc1[N+](=O)[O-]. The molecule has 25 heavy (non-hydrogen) atoms. The van der Waals surface area contributed by atoms with Crippen molar-refractivity contribution >= 4 is 17.3 Å². The number of methoxy groups -OCH3 is 2. The van der Waals surface area contributed by atoms with Crippen LogP contribution in [0, 0.1) is 10.1 Å². The van der Waals surface area contributed by atoms with Gasteiger partial charge in [-0.05, 0) is 30.2 Å². The second-order valence-corrected chi connectivity index (χ2v) is 5.72. The Balaban J connectivity index is 1.95. The first-order valence-electron chi connectivity index (χ1n) is 7.81. The minimum atomic E-state index is -0.715. The molecule has 0 unspecified atom stereocenters. The number of nitrogens with zero attached hydrogens (tertiary/aromatic N) is 2. The fraction of sp³-hybridized carbons (Fsp3) is 0.278. The van der Waals surface area contributed by atoms with E-state index >= 15 is 0 Å². The lowest BCUT2D eigenvalue weighted by Gasteiger charge is -2.31. The number of rotatable bonds is 4. The van der Waals surface area contributed by atoms with E-state index in [-0.39, 0.29) is 11.3 Å². The lowest BCUT2D eigenvalue weighted by Crippen LogP contribution is -2.30. The van der Waals surface area contributed by atoms with Crippen molar-refractivity contribution in [3.63, 3.8) is 0 Å². The number of anilines is 1. The molecule has 7 heteroatoms. The van der Waals surface area contributed by atoms with E-state index in [2.05, 4.69) is 9.64 Å². The van der Waals surface area contributed by atoms with Crippen LogP contribution >= 0.6 is 0 Å². The van der Waals surface area contributed by atoms with E-state index in [1.807, 2.05) is 18.2 Å². The lowest BCUT2D eigenvalue weighted by atomic mass is 9.98. The first-order valence-corrected chi connectivity index (χ1v) is 7.81. The van der Waals surface area contributed by atoms with Gasteiger partial charge in [-0.25, -0.2) is 4.79 Å². The fourth-order valence-electron chi connectivity index (χ4n) is 3.14. The maximum absolute atomic E-state index is 11.9. The van der Waals surface area contributed by atoms with Crippen LogP contribution in [0.25, 0.3) is 0 Å². The summed E-state index contributed by atoms with van der Waals surface area (Å²) in [6.07, 6.45) is 0.796. The number of hydrogen-bond donors (Lipinski definition) is 0. The van der Waals surface area contributed by atoms with Crippen LogP contribution < -0.4 is 9.64 Å². The Morgan fingerprint density at radius 3 is 2.72 bits per heavy atom. The van der Waals surface area contributed by atoms with Gasteiger partial charge in [0.1, 0.15) is 11.3 Å². The van der Waals surface area contributed by atoms with Crippen LogP contribution in [0.5, 0.6) is 5.75 Å². The number of benzene rings is 2. The Hall–Kier alpha value is -3.09. The minimum Gasteiger partial charge on any atom is -0.496 e. The summed E-state index contributed by atoms with van der Waals surface area (Å²) in [5.41, 5.74) is 2.77. The molecule has 0 radical (unpaired) electrons. The molecule has 1 aliphatic heterocycles. The molecule has 130 valence electrons. The van der Waals surface area contributed by atoms with Gasteiger partial charge in [-0.2, -0.15) is 0 Å². The fourth-order valence-corrected chi connectivity index (χ4v) is 3.14. The molecule has 0 saturated heterocycles. The highest BCUT2D eigenvalue weighted by molar-refractivity contribution is 5.95. The number of carbonyl (C=O) groups is 1. The maximum atomic E-state index is 11.9. The van der Waals surface area contributed by atoms with E-state index in [1.54, 1.807) is 13.2 Å². The minimum absolute atomic E-state index is 0.0403. The largest absolute Gasteiger partial charge is 0.496 e. The van der Waals surface area contributed by atoms with Gasteiger partial charge in [0.25, 0.3) is 5.69 Å². The van der Waals surface area contributed by atoms with Crippen molar-refractivity contribution in [1.82, 2.24) is 0 Å². The Morgan fingerprint density at radius 2 is 2.04 bits per heavy atom. The average Bonchev–Trinajstić information content (AvgIpc) is 2.65. The Morgan fingerprint density at radius 1 is 1.24 bits per heavy atom. The van der Waals surface area contributed by atoms with Gasteiger partial charge in [-0.1, -0.05) is 12.1 Å². The van der Waals surface area contributed by atoms with Crippen molar-refractivity contribution in [1.29, 1.82) is 0 Å². The quantitative estimate of drug-likeness (QED) is 0.483. The van der Waals surface area contributed by atoms with E-state index in [0.29, 0.717) is 6.54 Å². The molecule has 0 saturated carbocycles. The molecule has 0 aromatic heterocycles. The van der Waals surface area contributed by atoms with Crippen LogP contribution in [-0.4, -0.2) is 31.7 Å². The molecule has 0 bridgehead atoms. The molecular weight excluding hydrogens is 324 g/mol. The standard InChI is InChI=1S/C18H18N2O5/c1-24-17-5-3-4-12-11-19(9-8-14(12)17)13-6-7-16(20(22)23)15(10-13)18(21)25-2/h3-7,10H,8-9,11H2,1-2H3. The van der Waals surface area contributed by atoms with Gasteiger partial charge in [0, 0.05) is 30.4 Å². The van der Waals surface area contributed by atoms with E-state index in [4.69, 9.17) is 4.74 Å². The zero-order valence-electron chi connectivity index (χ0n) is 14.0. The van der Waals surface area contributed by atoms with E-state index in [9.17, 15) is 14.9 Å². The molecule has 2 aromatic carbocycles. The summed E-state index contributed by atoms with van der Waals surface area (Å²) in [4.78, 5) is 24.5. The smallest absolute Gasteiger partial charge is 0.344 e. The van der Waals surface area contributed by atoms with Crippen molar-refractivity contribution < 1.29 is 19.2 Å². The summed E-state index contributed by atoms with van der Waals surface area (Å²) in [6.45, 7) is 1.37. The molecular formula is C18H18N2O5. The number of hydrogen-bond acceptors (Lipinski definition) is 6. The average molecular weight is 342 g/mol. The highest BCUT2D eigenvalue weighted by atomic mass is 16.6. The van der Waals surface area contributed by atoms with Crippen LogP contribution in [0.1, 0.15) is 21.5 Å². The van der Waals surface area contributed by atoms with Crippen molar-refractivity contribution in [2.75, 3.05) is 25.7 Å². The number of ether oxygens (including phenoxy) is 2. The Kier molecular flexibility index (Phi) is 4.56. The lowest BCUT2D eigenvalue weighted by molar-refractivity contribution is -0.385. The first kappa shape index (κ1) is 16.8. The second-order valence-electron chi connectivity index (χ2n) is 5.72. The number of nitro benzene ring substituents is 1. The predicted molar refractivity (Wildman–Crippen MR) is 92.2 cm³/mol. The topological polar surface area (TPSA) is 81.9 Å². The van der Waals surface area contributed by atoms with Gasteiger partial charge in [0.15, 0.2) is 0 Å². The summed E-state index contributed by atoms with van der Waals surface area (Å²) in [5, 5.41) is 11.1. The van der Waals surface area contributed by atoms with Gasteiger partial charge < -0.3 is 14.4 Å². The molecule has 1 aliphatic rings. The third-order valence-electron chi connectivity index (χ3n) is 4.39. The van der Waals surface area contributed by atoms with Crippen LogP contribution in [0.3, 0.4) is 0 Å². The summed E-state index contributed by atoms with van der Waals surface area (Å²) in [7, 11) is 2.86. The molecule has 0 amide bonds. The molecule has 2 aromatic rings. The molecule has 0 aliphatic carbocycles. The Labute approximate surface area is 144 Å². The monoisotopic (exact) mass is 342 g/mol. The number of esters is 1. The van der Waals surface area contributed by atoms with Crippen molar-refractivity contribution in [3.8, 4) is 5.75 Å². The summed E-state index contributed by atoms with van der Waals surface area (Å²) >= 11 is 0. The third kappa shape index (κ3) is 3.13. The van der Waals surface area contributed by atoms with E-state index in [0.717, 1.165) is 30.0 Å². The van der Waals surface area contributed by atoms with Gasteiger partial charge in [-0.15, -0.1) is 0 Å².